The van der Waals surface area contributed by atoms with Crippen LogP contribution in [0.4, 0.5) is 0 Å². The normalized spacial score (nSPS) is 9.73. The van der Waals surface area contributed by atoms with Gasteiger partial charge in [0.15, 0.2) is 0 Å². The Morgan fingerprint density at radius 2 is 2.27 bits per heavy atom. The molecule has 0 aliphatic carbocycles. The highest BCUT2D eigenvalue weighted by molar-refractivity contribution is 5.75. The molecule has 0 radical (unpaired) electrons. The maximum absolute atomic E-state index is 11.1. The molecule has 0 unspecified atom stereocenters. The first-order chi connectivity index (χ1) is 5.26. The van der Waals surface area contributed by atoms with E-state index in [1.165, 1.54) is 4.90 Å². The first kappa shape index (κ1) is 10.4. The molecule has 11 heavy (non-hydrogen) atoms. The summed E-state index contributed by atoms with van der Waals surface area (Å²) < 4.78 is 4.79. The SMILES string of the molecule is CCCC(=O)N(CN)COC. The Balaban J connectivity index is 3.71. The van der Waals surface area contributed by atoms with Crippen LogP contribution in [0.2, 0.25) is 0 Å². The molecule has 0 aromatic heterocycles. The van der Waals surface area contributed by atoms with Gasteiger partial charge in [0.1, 0.15) is 6.73 Å². The number of rotatable bonds is 5. The second-order valence-electron chi connectivity index (χ2n) is 2.28. The van der Waals surface area contributed by atoms with Gasteiger partial charge in [0.05, 0.1) is 6.67 Å². The third kappa shape index (κ3) is 3.95. The molecule has 2 N–H and O–H groups in total. The van der Waals surface area contributed by atoms with E-state index in [-0.39, 0.29) is 19.3 Å². The molecule has 0 aromatic carbocycles. The fourth-order valence-electron chi connectivity index (χ4n) is 0.754. The van der Waals surface area contributed by atoms with Crippen LogP contribution < -0.4 is 5.73 Å². The molecule has 0 fully saturated rings. The second-order valence-corrected chi connectivity index (χ2v) is 2.28. The Labute approximate surface area is 67.3 Å². The van der Waals surface area contributed by atoms with Crippen molar-refractivity contribution < 1.29 is 9.53 Å². The maximum atomic E-state index is 11.1. The van der Waals surface area contributed by atoms with Crippen LogP contribution in [0.15, 0.2) is 0 Å². The van der Waals surface area contributed by atoms with E-state index in [1.807, 2.05) is 6.92 Å². The zero-order valence-corrected chi connectivity index (χ0v) is 7.17. The molecule has 0 bridgehead atoms. The first-order valence-electron chi connectivity index (χ1n) is 3.73. The number of carbonyl (C=O) groups excluding carboxylic acids is 1. The Hall–Kier alpha value is -0.610. The minimum Gasteiger partial charge on any atom is -0.364 e. The molecular formula is C7H16N2O2. The van der Waals surface area contributed by atoms with Crippen molar-refractivity contribution in [1.29, 1.82) is 0 Å². The summed E-state index contributed by atoms with van der Waals surface area (Å²) in [4.78, 5) is 12.6. The number of ether oxygens (including phenoxy) is 1. The molecule has 0 saturated heterocycles. The number of amides is 1. The second kappa shape index (κ2) is 6.12. The average Bonchev–Trinajstić information content (AvgIpc) is 2.00. The van der Waals surface area contributed by atoms with Crippen molar-refractivity contribution in [1.82, 2.24) is 4.90 Å². The van der Waals surface area contributed by atoms with Gasteiger partial charge in [0.25, 0.3) is 0 Å². The lowest BCUT2D eigenvalue weighted by Crippen LogP contribution is -2.37. The highest BCUT2D eigenvalue weighted by Gasteiger charge is 2.08. The average molecular weight is 160 g/mol. The van der Waals surface area contributed by atoms with Gasteiger partial charge in [-0.2, -0.15) is 0 Å². The molecule has 0 aromatic rings. The van der Waals surface area contributed by atoms with Crippen molar-refractivity contribution in [2.45, 2.75) is 19.8 Å². The topological polar surface area (TPSA) is 55.6 Å². The van der Waals surface area contributed by atoms with Gasteiger partial charge in [-0.05, 0) is 6.42 Å². The van der Waals surface area contributed by atoms with Gasteiger partial charge in [-0.3, -0.25) is 4.79 Å². The zero-order valence-electron chi connectivity index (χ0n) is 7.17. The molecule has 4 heteroatoms. The third-order valence-corrected chi connectivity index (χ3v) is 1.32. The van der Waals surface area contributed by atoms with E-state index in [0.717, 1.165) is 6.42 Å². The van der Waals surface area contributed by atoms with Crippen LogP contribution in [0, 0.1) is 0 Å². The maximum Gasteiger partial charge on any atom is 0.225 e. The third-order valence-electron chi connectivity index (χ3n) is 1.32. The predicted molar refractivity (Wildman–Crippen MR) is 42.7 cm³/mol. The summed E-state index contributed by atoms with van der Waals surface area (Å²) in [7, 11) is 1.54. The van der Waals surface area contributed by atoms with Crippen LogP contribution in [0.25, 0.3) is 0 Å². The number of nitrogens with two attached hydrogens (primary N) is 1. The van der Waals surface area contributed by atoms with Gasteiger partial charge in [0, 0.05) is 13.5 Å². The summed E-state index contributed by atoms with van der Waals surface area (Å²) >= 11 is 0. The largest absolute Gasteiger partial charge is 0.364 e. The van der Waals surface area contributed by atoms with Crippen molar-refractivity contribution >= 4 is 5.91 Å². The Kier molecular flexibility index (Phi) is 5.78. The Morgan fingerprint density at radius 3 is 2.64 bits per heavy atom. The summed E-state index contributed by atoms with van der Waals surface area (Å²) in [6.45, 7) is 2.47. The molecule has 0 rings (SSSR count). The molecule has 1 amide bonds. The lowest BCUT2D eigenvalue weighted by Gasteiger charge is -2.18. The van der Waals surface area contributed by atoms with Crippen molar-refractivity contribution in [3.05, 3.63) is 0 Å². The van der Waals surface area contributed by atoms with E-state index in [2.05, 4.69) is 0 Å². The molecule has 0 aliphatic heterocycles. The van der Waals surface area contributed by atoms with Gasteiger partial charge < -0.3 is 15.4 Å². The number of carbonyl (C=O) groups is 1. The molecule has 0 atom stereocenters. The summed E-state index contributed by atoms with van der Waals surface area (Å²) in [5, 5.41) is 0. The summed E-state index contributed by atoms with van der Waals surface area (Å²) in [6, 6.07) is 0. The molecule has 66 valence electrons. The monoisotopic (exact) mass is 160 g/mol. The Bertz CT molecular complexity index is 117. The lowest BCUT2D eigenvalue weighted by molar-refractivity contribution is -0.135. The minimum absolute atomic E-state index is 0.0526. The lowest BCUT2D eigenvalue weighted by atomic mass is 10.3. The Morgan fingerprint density at radius 1 is 1.64 bits per heavy atom. The van der Waals surface area contributed by atoms with Crippen LogP contribution in [0.5, 0.6) is 0 Å². The zero-order chi connectivity index (χ0) is 8.69. The number of hydrogen-bond acceptors (Lipinski definition) is 3. The van der Waals surface area contributed by atoms with Crippen molar-refractivity contribution in [3.63, 3.8) is 0 Å². The smallest absolute Gasteiger partial charge is 0.225 e. The molecular weight excluding hydrogens is 144 g/mol. The quantitative estimate of drug-likeness (QED) is 0.582. The van der Waals surface area contributed by atoms with Gasteiger partial charge in [0.2, 0.25) is 5.91 Å². The van der Waals surface area contributed by atoms with Gasteiger partial charge in [-0.25, -0.2) is 0 Å². The summed E-state index contributed by atoms with van der Waals surface area (Å²) in [5.41, 5.74) is 5.32. The predicted octanol–water partition coefficient (Wildman–Crippen LogP) is 0.135. The van der Waals surface area contributed by atoms with Crippen molar-refractivity contribution in [3.8, 4) is 0 Å². The van der Waals surface area contributed by atoms with Gasteiger partial charge >= 0.3 is 0 Å². The fraction of sp³-hybridized carbons (Fsp3) is 0.857. The number of hydrogen-bond donors (Lipinski definition) is 1. The molecule has 0 spiro atoms. The van der Waals surface area contributed by atoms with E-state index in [9.17, 15) is 4.79 Å². The summed E-state index contributed by atoms with van der Waals surface area (Å²) in [6.07, 6.45) is 1.39. The first-order valence-corrected chi connectivity index (χ1v) is 3.73. The van der Waals surface area contributed by atoms with Gasteiger partial charge in [-0.1, -0.05) is 6.92 Å². The van der Waals surface area contributed by atoms with Crippen LogP contribution in [0.3, 0.4) is 0 Å². The highest BCUT2D eigenvalue weighted by atomic mass is 16.5. The van der Waals surface area contributed by atoms with Crippen molar-refractivity contribution in [2.24, 2.45) is 5.73 Å². The van der Waals surface area contributed by atoms with E-state index in [4.69, 9.17) is 10.5 Å². The van der Waals surface area contributed by atoms with E-state index in [0.29, 0.717) is 6.42 Å². The highest BCUT2D eigenvalue weighted by Crippen LogP contribution is 1.95. The van der Waals surface area contributed by atoms with Crippen LogP contribution in [-0.4, -0.2) is 31.3 Å². The van der Waals surface area contributed by atoms with Crippen molar-refractivity contribution in [2.75, 3.05) is 20.5 Å². The van der Waals surface area contributed by atoms with Crippen LogP contribution in [0.1, 0.15) is 19.8 Å². The van der Waals surface area contributed by atoms with E-state index >= 15 is 0 Å². The van der Waals surface area contributed by atoms with E-state index < -0.39 is 0 Å². The molecule has 0 heterocycles. The standard InChI is InChI=1S/C7H16N2O2/c1-3-4-7(10)9(5-8)6-11-2/h3-6,8H2,1-2H3. The molecule has 4 nitrogen and oxygen atoms in total. The molecule has 0 aliphatic rings. The fourth-order valence-corrected chi connectivity index (χ4v) is 0.754. The van der Waals surface area contributed by atoms with Crippen LogP contribution in [-0.2, 0) is 9.53 Å². The summed E-state index contributed by atoms with van der Waals surface area (Å²) in [5.74, 6) is 0.0526. The minimum atomic E-state index is 0.0526. The number of nitrogens with zero attached hydrogens (tertiary/aromatic N) is 1. The van der Waals surface area contributed by atoms with E-state index in [1.54, 1.807) is 7.11 Å². The molecule has 0 saturated carbocycles. The number of methoxy groups -OCH3 is 1. The van der Waals surface area contributed by atoms with Crippen LogP contribution >= 0.6 is 0 Å². The van der Waals surface area contributed by atoms with Gasteiger partial charge in [-0.15, -0.1) is 0 Å².